The molecule has 0 fully saturated rings. The number of nitrogens with one attached hydrogen (secondary N) is 1. The van der Waals surface area contributed by atoms with Gasteiger partial charge in [0, 0.05) is 11.6 Å². The van der Waals surface area contributed by atoms with Crippen molar-refractivity contribution in [1.29, 1.82) is 0 Å². The number of ether oxygens (including phenoxy) is 2. The highest BCUT2D eigenvalue weighted by Crippen LogP contribution is 2.31. The van der Waals surface area contributed by atoms with Gasteiger partial charge in [-0.3, -0.25) is 14.9 Å². The maximum Gasteiger partial charge on any atom is 0.273 e. The Balaban J connectivity index is 1.61. The number of nitrogens with zero attached hydrogens (tertiary/aromatic N) is 1. The van der Waals surface area contributed by atoms with Gasteiger partial charge >= 0.3 is 0 Å². The van der Waals surface area contributed by atoms with Crippen molar-refractivity contribution in [3.05, 3.63) is 64.2 Å². The van der Waals surface area contributed by atoms with Gasteiger partial charge in [-0.2, -0.15) is 0 Å². The zero-order chi connectivity index (χ0) is 17.8. The number of hydrogen-bond donors (Lipinski definition) is 1. The maximum absolute atomic E-state index is 12.3. The van der Waals surface area contributed by atoms with E-state index in [0.717, 1.165) is 0 Å². The zero-order valence-electron chi connectivity index (χ0n) is 13.7. The second-order valence-corrected chi connectivity index (χ2v) is 5.83. The van der Waals surface area contributed by atoms with Crippen molar-refractivity contribution in [3.8, 4) is 11.5 Å². The van der Waals surface area contributed by atoms with E-state index in [1.165, 1.54) is 6.07 Å². The van der Waals surface area contributed by atoms with Crippen molar-refractivity contribution < 1.29 is 19.2 Å². The van der Waals surface area contributed by atoms with Crippen LogP contribution in [-0.2, 0) is 11.2 Å². The summed E-state index contributed by atoms with van der Waals surface area (Å²) < 4.78 is 11.5. The Kier molecular flexibility index (Phi) is 4.83. The third-order valence-electron chi connectivity index (χ3n) is 4.02. The Morgan fingerprint density at radius 3 is 2.68 bits per heavy atom. The number of hydrogen-bond acceptors (Lipinski definition) is 5. The fourth-order valence-electron chi connectivity index (χ4n) is 2.69. The smallest absolute Gasteiger partial charge is 0.273 e. The number of benzene rings is 2. The number of carbonyl (C=O) groups excluding carboxylic acids is 1. The van der Waals surface area contributed by atoms with Gasteiger partial charge in [-0.05, 0) is 19.1 Å². The number of carbonyl (C=O) groups is 1. The first kappa shape index (κ1) is 16.8. The molecule has 1 amide bonds. The highest BCUT2D eigenvalue weighted by molar-refractivity contribution is 5.80. The highest BCUT2D eigenvalue weighted by atomic mass is 16.6. The minimum atomic E-state index is -0.485. The van der Waals surface area contributed by atoms with E-state index < -0.39 is 4.92 Å². The normalized spacial score (nSPS) is 16.8. The van der Waals surface area contributed by atoms with Crippen molar-refractivity contribution in [2.75, 3.05) is 6.61 Å². The van der Waals surface area contributed by atoms with Crippen LogP contribution in [0.25, 0.3) is 0 Å². The van der Waals surface area contributed by atoms with Gasteiger partial charge in [-0.1, -0.05) is 30.3 Å². The van der Waals surface area contributed by atoms with Crippen molar-refractivity contribution in [2.45, 2.75) is 25.5 Å². The quantitative estimate of drug-likeness (QED) is 0.666. The van der Waals surface area contributed by atoms with E-state index in [0.29, 0.717) is 23.7 Å². The maximum atomic E-state index is 12.3. The molecule has 2 atom stereocenters. The van der Waals surface area contributed by atoms with Gasteiger partial charge in [0.05, 0.1) is 17.4 Å². The van der Waals surface area contributed by atoms with E-state index in [1.54, 1.807) is 18.2 Å². The Morgan fingerprint density at radius 2 is 1.92 bits per heavy atom. The van der Waals surface area contributed by atoms with Gasteiger partial charge in [0.2, 0.25) is 5.91 Å². The van der Waals surface area contributed by atoms with Crippen LogP contribution in [0.15, 0.2) is 48.5 Å². The van der Waals surface area contributed by atoms with Gasteiger partial charge in [0.1, 0.15) is 6.61 Å². The predicted molar refractivity (Wildman–Crippen MR) is 90.8 cm³/mol. The summed E-state index contributed by atoms with van der Waals surface area (Å²) in [7, 11) is 0. The molecule has 3 rings (SSSR count). The number of amides is 1. The second kappa shape index (κ2) is 7.21. The van der Waals surface area contributed by atoms with E-state index in [9.17, 15) is 14.9 Å². The van der Waals surface area contributed by atoms with Crippen LogP contribution in [0.5, 0.6) is 11.5 Å². The first-order chi connectivity index (χ1) is 12.0. The third kappa shape index (κ3) is 3.88. The molecule has 0 spiro atoms. The summed E-state index contributed by atoms with van der Waals surface area (Å²) in [5.74, 6) is 1.01. The van der Waals surface area contributed by atoms with E-state index in [1.807, 2.05) is 31.2 Å². The zero-order valence-corrected chi connectivity index (χ0v) is 13.7. The second-order valence-electron chi connectivity index (χ2n) is 5.83. The highest BCUT2D eigenvalue weighted by Gasteiger charge is 2.27. The lowest BCUT2D eigenvalue weighted by atomic mass is 10.1. The first-order valence-corrected chi connectivity index (χ1v) is 7.94. The first-order valence-electron chi connectivity index (χ1n) is 7.94. The number of nitro benzene ring substituents is 1. The topological polar surface area (TPSA) is 90.7 Å². The molecule has 0 saturated heterocycles. The predicted octanol–water partition coefficient (Wildman–Crippen LogP) is 2.48. The van der Waals surface area contributed by atoms with Crippen molar-refractivity contribution in [2.24, 2.45) is 0 Å². The largest absolute Gasteiger partial charge is 0.486 e. The molecule has 2 aromatic carbocycles. The summed E-state index contributed by atoms with van der Waals surface area (Å²) in [5.41, 5.74) is 0.319. The Bertz CT molecular complexity index is 793. The van der Waals surface area contributed by atoms with Gasteiger partial charge in [0.15, 0.2) is 17.6 Å². The summed E-state index contributed by atoms with van der Waals surface area (Å²) in [6.45, 7) is 2.14. The lowest BCUT2D eigenvalue weighted by Gasteiger charge is -2.30. The van der Waals surface area contributed by atoms with Gasteiger partial charge in [-0.25, -0.2) is 0 Å². The Hall–Kier alpha value is -3.09. The van der Waals surface area contributed by atoms with Gasteiger partial charge < -0.3 is 14.8 Å². The standard InChI is InChI=1S/C18H18N2O5/c1-12(17-11-24-15-8-4-5-9-16(15)25-17)19-18(21)10-13-6-2-3-7-14(13)20(22)23/h2-9,12,17H,10-11H2,1H3,(H,19,21)/t12-,17-/m1/s1. The molecule has 130 valence electrons. The van der Waals surface area contributed by atoms with Crippen LogP contribution in [0.1, 0.15) is 12.5 Å². The minimum Gasteiger partial charge on any atom is -0.486 e. The summed E-state index contributed by atoms with van der Waals surface area (Å²) in [4.78, 5) is 22.8. The van der Waals surface area contributed by atoms with E-state index in [4.69, 9.17) is 9.47 Å². The molecule has 0 aromatic heterocycles. The fraction of sp³-hybridized carbons (Fsp3) is 0.278. The molecule has 1 aliphatic heterocycles. The minimum absolute atomic E-state index is 0.0588. The molecule has 0 radical (unpaired) electrons. The van der Waals surface area contributed by atoms with E-state index in [-0.39, 0.29) is 30.2 Å². The van der Waals surface area contributed by atoms with Crippen LogP contribution in [0.2, 0.25) is 0 Å². The van der Waals surface area contributed by atoms with Crippen LogP contribution in [0, 0.1) is 10.1 Å². The van der Waals surface area contributed by atoms with Crippen LogP contribution in [0.4, 0.5) is 5.69 Å². The van der Waals surface area contributed by atoms with Crippen molar-refractivity contribution in [3.63, 3.8) is 0 Å². The average Bonchev–Trinajstić information content (AvgIpc) is 2.61. The van der Waals surface area contributed by atoms with Gasteiger partial charge in [-0.15, -0.1) is 0 Å². The fourth-order valence-corrected chi connectivity index (χ4v) is 2.69. The molecular weight excluding hydrogens is 324 g/mol. The van der Waals surface area contributed by atoms with Crippen LogP contribution < -0.4 is 14.8 Å². The summed E-state index contributed by atoms with van der Waals surface area (Å²) in [6.07, 6.45) is -0.393. The molecule has 7 nitrogen and oxygen atoms in total. The summed E-state index contributed by atoms with van der Waals surface area (Å²) in [6, 6.07) is 13.3. The molecule has 0 unspecified atom stereocenters. The monoisotopic (exact) mass is 342 g/mol. The molecule has 25 heavy (non-hydrogen) atoms. The van der Waals surface area contributed by atoms with E-state index in [2.05, 4.69) is 5.32 Å². The lowest BCUT2D eigenvalue weighted by molar-refractivity contribution is -0.385. The van der Waals surface area contributed by atoms with E-state index >= 15 is 0 Å². The molecular formula is C18H18N2O5. The average molecular weight is 342 g/mol. The van der Waals surface area contributed by atoms with Crippen molar-refractivity contribution >= 4 is 11.6 Å². The molecule has 7 heteroatoms. The molecule has 0 aliphatic carbocycles. The molecule has 0 saturated carbocycles. The summed E-state index contributed by atoms with van der Waals surface area (Å²) in [5, 5.41) is 13.9. The van der Waals surface area contributed by atoms with Crippen molar-refractivity contribution in [1.82, 2.24) is 5.32 Å². The van der Waals surface area contributed by atoms with Gasteiger partial charge in [0.25, 0.3) is 5.69 Å². The molecule has 1 heterocycles. The van der Waals surface area contributed by atoms with Crippen LogP contribution in [-0.4, -0.2) is 29.6 Å². The van der Waals surface area contributed by atoms with Crippen LogP contribution >= 0.6 is 0 Å². The Labute approximate surface area is 144 Å². The lowest BCUT2D eigenvalue weighted by Crippen LogP contribution is -2.48. The third-order valence-corrected chi connectivity index (χ3v) is 4.02. The molecule has 2 aromatic rings. The molecule has 1 N–H and O–H groups in total. The number of rotatable bonds is 5. The Morgan fingerprint density at radius 1 is 1.24 bits per heavy atom. The number of nitro groups is 1. The molecule has 0 bridgehead atoms. The SMILES string of the molecule is C[C@@H](NC(=O)Cc1ccccc1[N+](=O)[O-])[C@H]1COc2ccccc2O1. The molecule has 1 aliphatic rings. The number of fused-ring (bicyclic) bond motifs is 1. The number of para-hydroxylation sites is 3. The van der Waals surface area contributed by atoms with Crippen LogP contribution in [0.3, 0.4) is 0 Å². The summed E-state index contributed by atoms with van der Waals surface area (Å²) >= 11 is 0.